The lowest BCUT2D eigenvalue weighted by Crippen LogP contribution is -2.05. The van der Waals surface area contributed by atoms with Crippen molar-refractivity contribution in [2.45, 2.75) is 219 Å². The van der Waals surface area contributed by atoms with Crippen LogP contribution in [0, 0.1) is 0 Å². The molecular formula is C36H72O3. The summed E-state index contributed by atoms with van der Waals surface area (Å²) in [4.78, 5) is 11.9. The van der Waals surface area contributed by atoms with E-state index < -0.39 is 0 Å². The average molecular weight is 553 g/mol. The molecule has 1 atom stereocenters. The molecule has 234 valence electrons. The van der Waals surface area contributed by atoms with E-state index in [9.17, 15) is 9.90 Å². The molecule has 0 heterocycles. The molecule has 0 aromatic carbocycles. The second-order valence-electron chi connectivity index (χ2n) is 12.4. The summed E-state index contributed by atoms with van der Waals surface area (Å²) in [6.07, 6.45) is 39.1. The molecule has 0 rings (SSSR count). The van der Waals surface area contributed by atoms with Crippen LogP contribution in [0.3, 0.4) is 0 Å². The Morgan fingerprint density at radius 1 is 0.462 bits per heavy atom. The summed E-state index contributed by atoms with van der Waals surface area (Å²) >= 11 is 0. The van der Waals surface area contributed by atoms with Crippen LogP contribution >= 0.6 is 0 Å². The van der Waals surface area contributed by atoms with Crippen molar-refractivity contribution in [2.24, 2.45) is 0 Å². The Morgan fingerprint density at radius 3 is 1.21 bits per heavy atom. The third-order valence-electron chi connectivity index (χ3n) is 8.32. The molecule has 1 unspecified atom stereocenters. The van der Waals surface area contributed by atoms with Crippen LogP contribution in [0.15, 0.2) is 0 Å². The zero-order valence-electron chi connectivity index (χ0n) is 27.0. The standard InChI is InChI=1S/C36H72O3/c1-3-5-7-8-9-10-11-12-13-14-15-16-20-23-26-30-34-39-36(38)33-29-25-22-19-17-18-21-24-28-32-35(37)31-27-6-4-2/h35,37H,3-34H2,1-2H3. The van der Waals surface area contributed by atoms with E-state index in [-0.39, 0.29) is 12.1 Å². The number of ether oxygens (including phenoxy) is 1. The first-order valence-electron chi connectivity index (χ1n) is 18.0. The van der Waals surface area contributed by atoms with E-state index in [1.54, 1.807) is 0 Å². The monoisotopic (exact) mass is 553 g/mol. The van der Waals surface area contributed by atoms with Gasteiger partial charge < -0.3 is 9.84 Å². The fourth-order valence-corrected chi connectivity index (χ4v) is 5.57. The zero-order valence-corrected chi connectivity index (χ0v) is 27.0. The Bertz CT molecular complexity index is 464. The van der Waals surface area contributed by atoms with Gasteiger partial charge >= 0.3 is 5.97 Å². The molecule has 0 aliphatic carbocycles. The lowest BCUT2D eigenvalue weighted by molar-refractivity contribution is -0.143. The molecule has 3 nitrogen and oxygen atoms in total. The molecule has 39 heavy (non-hydrogen) atoms. The van der Waals surface area contributed by atoms with Gasteiger partial charge in [0.25, 0.3) is 0 Å². The summed E-state index contributed by atoms with van der Waals surface area (Å²) < 4.78 is 5.43. The summed E-state index contributed by atoms with van der Waals surface area (Å²) in [6, 6.07) is 0. The minimum absolute atomic E-state index is 0.00726. The van der Waals surface area contributed by atoms with Crippen molar-refractivity contribution in [1.82, 2.24) is 0 Å². The van der Waals surface area contributed by atoms with E-state index in [4.69, 9.17) is 4.74 Å². The fourth-order valence-electron chi connectivity index (χ4n) is 5.57. The Hall–Kier alpha value is -0.570. The van der Waals surface area contributed by atoms with Crippen LogP contribution < -0.4 is 0 Å². The molecule has 0 bridgehead atoms. The molecular weight excluding hydrogens is 480 g/mol. The molecule has 0 amide bonds. The number of esters is 1. The molecule has 0 saturated heterocycles. The van der Waals surface area contributed by atoms with Crippen LogP contribution in [0.5, 0.6) is 0 Å². The van der Waals surface area contributed by atoms with Crippen LogP contribution in [0.25, 0.3) is 0 Å². The summed E-state index contributed by atoms with van der Waals surface area (Å²) in [5.41, 5.74) is 0. The third-order valence-corrected chi connectivity index (χ3v) is 8.32. The van der Waals surface area contributed by atoms with E-state index in [2.05, 4.69) is 13.8 Å². The number of hydrogen-bond acceptors (Lipinski definition) is 3. The van der Waals surface area contributed by atoms with E-state index in [1.165, 1.54) is 161 Å². The largest absolute Gasteiger partial charge is 0.466 e. The number of carbonyl (C=O) groups excluding carboxylic acids is 1. The van der Waals surface area contributed by atoms with E-state index in [1.807, 2.05) is 0 Å². The molecule has 0 fully saturated rings. The minimum Gasteiger partial charge on any atom is -0.466 e. The van der Waals surface area contributed by atoms with Gasteiger partial charge in [0.2, 0.25) is 0 Å². The lowest BCUT2D eigenvalue weighted by Gasteiger charge is -2.09. The molecule has 0 aromatic heterocycles. The van der Waals surface area contributed by atoms with Crippen LogP contribution in [0.2, 0.25) is 0 Å². The number of aliphatic hydroxyl groups is 1. The van der Waals surface area contributed by atoms with Gasteiger partial charge in [-0.05, 0) is 25.7 Å². The number of unbranched alkanes of at least 4 members (excludes halogenated alkanes) is 25. The van der Waals surface area contributed by atoms with Crippen molar-refractivity contribution in [1.29, 1.82) is 0 Å². The molecule has 0 spiro atoms. The van der Waals surface area contributed by atoms with Gasteiger partial charge in [-0.2, -0.15) is 0 Å². The molecule has 1 N–H and O–H groups in total. The smallest absolute Gasteiger partial charge is 0.305 e. The molecule has 0 radical (unpaired) electrons. The first-order chi connectivity index (χ1) is 19.2. The third kappa shape index (κ3) is 33.5. The number of hydrogen-bond donors (Lipinski definition) is 1. The number of aliphatic hydroxyl groups excluding tert-OH is 1. The maximum absolute atomic E-state index is 11.9. The highest BCUT2D eigenvalue weighted by Crippen LogP contribution is 2.15. The Kier molecular flexibility index (Phi) is 33.1. The molecule has 0 aliphatic heterocycles. The van der Waals surface area contributed by atoms with Crippen LogP contribution in [0.4, 0.5) is 0 Å². The molecule has 0 aliphatic rings. The Morgan fingerprint density at radius 2 is 0.769 bits per heavy atom. The zero-order chi connectivity index (χ0) is 28.5. The highest BCUT2D eigenvalue weighted by molar-refractivity contribution is 5.69. The van der Waals surface area contributed by atoms with E-state index in [0.29, 0.717) is 13.0 Å². The predicted molar refractivity (Wildman–Crippen MR) is 171 cm³/mol. The second-order valence-corrected chi connectivity index (χ2v) is 12.4. The van der Waals surface area contributed by atoms with E-state index >= 15 is 0 Å². The molecule has 0 saturated carbocycles. The molecule has 0 aromatic rings. The highest BCUT2D eigenvalue weighted by atomic mass is 16.5. The summed E-state index contributed by atoms with van der Waals surface area (Å²) in [6.45, 7) is 5.12. The quantitative estimate of drug-likeness (QED) is 0.0650. The maximum atomic E-state index is 11.9. The lowest BCUT2D eigenvalue weighted by atomic mass is 10.0. The van der Waals surface area contributed by atoms with Gasteiger partial charge in [0.05, 0.1) is 12.7 Å². The second kappa shape index (κ2) is 33.6. The van der Waals surface area contributed by atoms with Crippen molar-refractivity contribution < 1.29 is 14.6 Å². The first kappa shape index (κ1) is 38.4. The van der Waals surface area contributed by atoms with Crippen molar-refractivity contribution in [3.05, 3.63) is 0 Å². The first-order valence-corrected chi connectivity index (χ1v) is 18.0. The van der Waals surface area contributed by atoms with Crippen molar-refractivity contribution in [3.63, 3.8) is 0 Å². The van der Waals surface area contributed by atoms with Gasteiger partial charge in [-0.25, -0.2) is 0 Å². The number of carbonyl (C=O) groups is 1. The Balaban J connectivity index is 3.19. The predicted octanol–water partition coefficient (Wildman–Crippen LogP) is 12.0. The van der Waals surface area contributed by atoms with E-state index in [0.717, 1.165) is 32.1 Å². The van der Waals surface area contributed by atoms with Crippen molar-refractivity contribution in [2.75, 3.05) is 6.61 Å². The normalized spacial score (nSPS) is 12.2. The number of rotatable bonds is 33. The van der Waals surface area contributed by atoms with Gasteiger partial charge in [-0.3, -0.25) is 4.79 Å². The van der Waals surface area contributed by atoms with Crippen LogP contribution in [-0.4, -0.2) is 23.8 Å². The summed E-state index contributed by atoms with van der Waals surface area (Å²) in [7, 11) is 0. The Labute approximate surface area is 246 Å². The molecule has 3 heteroatoms. The van der Waals surface area contributed by atoms with Crippen LogP contribution in [0.1, 0.15) is 213 Å². The van der Waals surface area contributed by atoms with Crippen LogP contribution in [-0.2, 0) is 9.53 Å². The SMILES string of the molecule is CCCCCCCCCCCCCCCCCCOC(=O)CCCCCCCCCCCC(O)CCCCC. The summed E-state index contributed by atoms with van der Waals surface area (Å²) in [5.74, 6) is 0.00726. The van der Waals surface area contributed by atoms with Gasteiger partial charge in [0.1, 0.15) is 0 Å². The van der Waals surface area contributed by atoms with Gasteiger partial charge in [-0.15, -0.1) is 0 Å². The topological polar surface area (TPSA) is 46.5 Å². The van der Waals surface area contributed by atoms with Crippen molar-refractivity contribution >= 4 is 5.97 Å². The average Bonchev–Trinajstić information content (AvgIpc) is 2.93. The highest BCUT2D eigenvalue weighted by Gasteiger charge is 2.04. The fraction of sp³-hybridized carbons (Fsp3) is 0.972. The minimum atomic E-state index is -0.0721. The maximum Gasteiger partial charge on any atom is 0.305 e. The van der Waals surface area contributed by atoms with Crippen molar-refractivity contribution in [3.8, 4) is 0 Å². The van der Waals surface area contributed by atoms with Gasteiger partial charge in [-0.1, -0.05) is 181 Å². The van der Waals surface area contributed by atoms with Gasteiger partial charge in [0.15, 0.2) is 0 Å². The van der Waals surface area contributed by atoms with Gasteiger partial charge in [0, 0.05) is 6.42 Å². The summed E-state index contributed by atoms with van der Waals surface area (Å²) in [5, 5.41) is 9.96.